The number of rotatable bonds is 6. The minimum atomic E-state index is -3.57. The van der Waals surface area contributed by atoms with Crippen molar-refractivity contribution in [3.05, 3.63) is 65.1 Å². The Bertz CT molecular complexity index is 1060. The summed E-state index contributed by atoms with van der Waals surface area (Å²) in [5.74, 6) is 0. The second kappa shape index (κ2) is 8.03. The minimum Gasteiger partial charge on any atom is -0.267 e. The molecule has 28 heavy (non-hydrogen) atoms. The van der Waals surface area contributed by atoms with E-state index < -0.39 is 10.0 Å². The van der Waals surface area contributed by atoms with Crippen LogP contribution in [-0.2, 0) is 29.4 Å². The molecule has 1 aliphatic rings. The largest absolute Gasteiger partial charge is 0.267 e. The van der Waals surface area contributed by atoms with Gasteiger partial charge in [-0.05, 0) is 62.1 Å². The molecular formula is C20H21ClN4O2S. The van der Waals surface area contributed by atoms with Crippen molar-refractivity contribution < 1.29 is 8.42 Å². The van der Waals surface area contributed by atoms with E-state index in [1.807, 2.05) is 16.8 Å². The normalized spacial score (nSPS) is 14.0. The third-order valence-electron chi connectivity index (χ3n) is 4.95. The second-order valence-electron chi connectivity index (χ2n) is 6.79. The van der Waals surface area contributed by atoms with E-state index in [1.165, 1.54) is 23.4 Å². The number of sulfonamides is 1. The first-order valence-electron chi connectivity index (χ1n) is 9.29. The summed E-state index contributed by atoms with van der Waals surface area (Å²) in [6.07, 6.45) is 7.79. The average molecular weight is 417 g/mol. The van der Waals surface area contributed by atoms with Crippen molar-refractivity contribution in [1.29, 1.82) is 0 Å². The van der Waals surface area contributed by atoms with Crippen LogP contribution in [0.2, 0.25) is 5.02 Å². The molecule has 6 nitrogen and oxygen atoms in total. The maximum absolute atomic E-state index is 12.5. The fraction of sp³-hybridized carbons (Fsp3) is 0.300. The van der Waals surface area contributed by atoms with E-state index in [0.29, 0.717) is 11.6 Å². The van der Waals surface area contributed by atoms with E-state index >= 15 is 0 Å². The van der Waals surface area contributed by atoms with Crippen LogP contribution in [0.5, 0.6) is 0 Å². The van der Waals surface area contributed by atoms with Gasteiger partial charge in [-0.2, -0.15) is 5.10 Å². The van der Waals surface area contributed by atoms with Crippen molar-refractivity contribution in [3.8, 4) is 11.3 Å². The van der Waals surface area contributed by atoms with Crippen molar-refractivity contribution in [2.75, 3.05) is 6.54 Å². The molecular weight excluding hydrogens is 396 g/mol. The summed E-state index contributed by atoms with van der Waals surface area (Å²) in [4.78, 5) is 4.29. The lowest BCUT2D eigenvalue weighted by Crippen LogP contribution is -2.28. The van der Waals surface area contributed by atoms with Crippen LogP contribution in [0, 0.1) is 0 Å². The predicted molar refractivity (Wildman–Crippen MR) is 109 cm³/mol. The van der Waals surface area contributed by atoms with E-state index in [1.54, 1.807) is 24.5 Å². The third-order valence-corrected chi connectivity index (χ3v) is 6.68. The van der Waals surface area contributed by atoms with Gasteiger partial charge in [-0.3, -0.25) is 9.67 Å². The van der Waals surface area contributed by atoms with Crippen LogP contribution < -0.4 is 4.72 Å². The Labute approximate surface area is 169 Å². The van der Waals surface area contributed by atoms with Gasteiger partial charge in [-0.15, -0.1) is 0 Å². The van der Waals surface area contributed by atoms with Crippen molar-refractivity contribution in [3.63, 3.8) is 0 Å². The molecule has 2 heterocycles. The molecule has 0 fully saturated rings. The lowest BCUT2D eigenvalue weighted by atomic mass is 9.94. The number of aromatic nitrogens is 3. The first kappa shape index (κ1) is 19.1. The van der Waals surface area contributed by atoms with E-state index in [9.17, 15) is 8.42 Å². The molecule has 8 heteroatoms. The standard InChI is InChI=1S/C20H21ClN4O2S/c21-16-5-7-17(8-6-16)28(26,27)23-13-14-25-19-4-2-1-3-18(19)20(24-25)15-9-11-22-12-10-15/h5-12,23H,1-4,13-14H2. The highest BCUT2D eigenvalue weighted by Crippen LogP contribution is 2.30. The fourth-order valence-electron chi connectivity index (χ4n) is 3.58. The minimum absolute atomic E-state index is 0.205. The molecule has 0 amide bonds. The Hall–Kier alpha value is -2.22. The summed E-state index contributed by atoms with van der Waals surface area (Å²) in [6.45, 7) is 0.759. The lowest BCUT2D eigenvalue weighted by Gasteiger charge is -2.14. The predicted octanol–water partition coefficient (Wildman–Crippen LogP) is 3.46. The van der Waals surface area contributed by atoms with Gasteiger partial charge in [0.15, 0.2) is 0 Å². The van der Waals surface area contributed by atoms with Gasteiger partial charge in [-0.1, -0.05) is 11.6 Å². The van der Waals surface area contributed by atoms with Crippen molar-refractivity contribution >= 4 is 21.6 Å². The van der Waals surface area contributed by atoms with Gasteiger partial charge in [0.05, 0.1) is 17.1 Å². The Morgan fingerprint density at radius 1 is 1.04 bits per heavy atom. The number of hydrogen-bond acceptors (Lipinski definition) is 4. The van der Waals surface area contributed by atoms with Crippen LogP contribution in [0.15, 0.2) is 53.7 Å². The molecule has 4 rings (SSSR count). The van der Waals surface area contributed by atoms with Gasteiger partial charge in [0.1, 0.15) is 0 Å². The number of fused-ring (bicyclic) bond motifs is 1. The van der Waals surface area contributed by atoms with Crippen LogP contribution in [0.3, 0.4) is 0 Å². The van der Waals surface area contributed by atoms with Gasteiger partial charge in [0, 0.05) is 40.8 Å². The summed E-state index contributed by atoms with van der Waals surface area (Å²) < 4.78 is 29.5. The molecule has 0 unspecified atom stereocenters. The summed E-state index contributed by atoms with van der Waals surface area (Å²) in [5, 5.41) is 5.31. The van der Waals surface area contributed by atoms with E-state index in [2.05, 4.69) is 9.71 Å². The topological polar surface area (TPSA) is 76.9 Å². The summed E-state index contributed by atoms with van der Waals surface area (Å²) >= 11 is 5.84. The highest BCUT2D eigenvalue weighted by molar-refractivity contribution is 7.89. The van der Waals surface area contributed by atoms with Crippen molar-refractivity contribution in [2.45, 2.75) is 37.1 Å². The van der Waals surface area contributed by atoms with Crippen molar-refractivity contribution in [1.82, 2.24) is 19.5 Å². The van der Waals surface area contributed by atoms with Crippen LogP contribution in [0.1, 0.15) is 24.1 Å². The van der Waals surface area contributed by atoms with Gasteiger partial charge in [0.2, 0.25) is 10.0 Å². The van der Waals surface area contributed by atoms with Crippen LogP contribution in [0.4, 0.5) is 0 Å². The average Bonchev–Trinajstić information content (AvgIpc) is 3.08. The summed E-state index contributed by atoms with van der Waals surface area (Å²) in [5.41, 5.74) is 4.52. The number of pyridine rings is 1. The third kappa shape index (κ3) is 3.97. The molecule has 0 saturated heterocycles. The molecule has 2 aromatic heterocycles. The fourth-order valence-corrected chi connectivity index (χ4v) is 4.73. The van der Waals surface area contributed by atoms with Gasteiger partial charge in [-0.25, -0.2) is 13.1 Å². The molecule has 146 valence electrons. The molecule has 1 aromatic carbocycles. The molecule has 1 aliphatic carbocycles. The van der Waals surface area contributed by atoms with Gasteiger partial charge in [0.25, 0.3) is 0 Å². The SMILES string of the molecule is O=S(=O)(NCCn1nc(-c2ccncc2)c2c1CCCC2)c1ccc(Cl)cc1. The van der Waals surface area contributed by atoms with E-state index in [4.69, 9.17) is 16.7 Å². The number of nitrogens with zero attached hydrogens (tertiary/aromatic N) is 3. The Morgan fingerprint density at radius 2 is 1.75 bits per heavy atom. The highest BCUT2D eigenvalue weighted by atomic mass is 35.5. The van der Waals surface area contributed by atoms with Gasteiger partial charge < -0.3 is 0 Å². The number of halogens is 1. The zero-order valence-electron chi connectivity index (χ0n) is 15.3. The molecule has 0 spiro atoms. The van der Waals surface area contributed by atoms with Crippen LogP contribution >= 0.6 is 11.6 Å². The number of benzene rings is 1. The zero-order valence-corrected chi connectivity index (χ0v) is 16.9. The number of hydrogen-bond donors (Lipinski definition) is 1. The zero-order chi connectivity index (χ0) is 19.6. The summed E-state index contributed by atoms with van der Waals surface area (Å²) in [6, 6.07) is 10.1. The molecule has 0 radical (unpaired) electrons. The number of nitrogens with one attached hydrogen (secondary N) is 1. The summed E-state index contributed by atoms with van der Waals surface area (Å²) in [7, 11) is -3.57. The first-order chi connectivity index (χ1) is 13.5. The quantitative estimate of drug-likeness (QED) is 0.667. The first-order valence-corrected chi connectivity index (χ1v) is 11.1. The molecule has 1 N–H and O–H groups in total. The monoisotopic (exact) mass is 416 g/mol. The Morgan fingerprint density at radius 3 is 2.50 bits per heavy atom. The van der Waals surface area contributed by atoms with E-state index in [0.717, 1.165) is 36.9 Å². The van der Waals surface area contributed by atoms with Gasteiger partial charge >= 0.3 is 0 Å². The highest BCUT2D eigenvalue weighted by Gasteiger charge is 2.22. The van der Waals surface area contributed by atoms with Crippen LogP contribution in [0.25, 0.3) is 11.3 Å². The van der Waals surface area contributed by atoms with Crippen LogP contribution in [-0.4, -0.2) is 29.7 Å². The van der Waals surface area contributed by atoms with Crippen molar-refractivity contribution in [2.24, 2.45) is 0 Å². The van der Waals surface area contributed by atoms with E-state index in [-0.39, 0.29) is 11.4 Å². The molecule has 3 aromatic rings. The molecule has 0 aliphatic heterocycles. The molecule has 0 bridgehead atoms. The Kier molecular flexibility index (Phi) is 5.48. The molecule has 0 atom stereocenters. The second-order valence-corrected chi connectivity index (χ2v) is 9.00. The molecule has 0 saturated carbocycles. The Balaban J connectivity index is 1.52. The smallest absolute Gasteiger partial charge is 0.240 e. The maximum Gasteiger partial charge on any atom is 0.240 e. The maximum atomic E-state index is 12.5. The lowest BCUT2D eigenvalue weighted by molar-refractivity contribution is 0.539.